The molecule has 0 aromatic carbocycles. The van der Waals surface area contributed by atoms with Crippen molar-refractivity contribution in [2.75, 3.05) is 0 Å². The van der Waals surface area contributed by atoms with Crippen LogP contribution in [0.1, 0.15) is 182 Å². The average Bonchev–Trinajstić information content (AvgIpc) is 2.94. The van der Waals surface area contributed by atoms with E-state index in [1.807, 2.05) is 13.8 Å². The lowest BCUT2D eigenvalue weighted by Crippen LogP contribution is -2.11. The summed E-state index contributed by atoms with van der Waals surface area (Å²) in [6.07, 6.45) is 24.3. The topological polar surface area (TPSA) is 105 Å². The maximum atomic E-state index is 11.6. The third kappa shape index (κ3) is 33.9. The highest BCUT2D eigenvalue weighted by Crippen LogP contribution is 2.12. The Hall–Kier alpha value is -2.12. The molecule has 0 rings (SSSR count). The summed E-state index contributed by atoms with van der Waals surface area (Å²) in [4.78, 5) is 62.1. The third-order valence-corrected chi connectivity index (χ3v) is 6.33. The zero-order chi connectivity index (χ0) is 30.1. The quantitative estimate of drug-likeness (QED) is 0.0639. The standard InChI is InChI=1S/C24H46O4.C8H14O4/c1-3-5-7-9-11-13-15-17-19-21-23(25)27-28-24(26)22-20-18-16-14-12-10-8-6-4-2;1-3-5-7(9)11-12-8(10)6-4-2/h3-22H2,1-2H3;3-6H2,1-2H3. The van der Waals surface area contributed by atoms with Crippen molar-refractivity contribution in [2.24, 2.45) is 0 Å². The van der Waals surface area contributed by atoms with Gasteiger partial charge in [0.25, 0.3) is 0 Å². The fraction of sp³-hybridized carbons (Fsp3) is 0.875. The molecule has 0 spiro atoms. The van der Waals surface area contributed by atoms with Crippen LogP contribution in [-0.4, -0.2) is 23.9 Å². The molecule has 0 aliphatic heterocycles. The maximum Gasteiger partial charge on any atom is 0.355 e. The molecular weight excluding hydrogens is 512 g/mol. The van der Waals surface area contributed by atoms with E-state index >= 15 is 0 Å². The molecule has 8 heteroatoms. The summed E-state index contributed by atoms with van der Waals surface area (Å²) < 4.78 is 0. The van der Waals surface area contributed by atoms with Gasteiger partial charge >= 0.3 is 23.9 Å². The first kappa shape index (κ1) is 40.0. The first-order valence-corrected chi connectivity index (χ1v) is 16.2. The monoisotopic (exact) mass is 572 g/mol. The molecule has 0 amide bonds. The average molecular weight is 573 g/mol. The van der Waals surface area contributed by atoms with Gasteiger partial charge in [-0.15, -0.1) is 0 Å². The Morgan fingerprint density at radius 2 is 0.525 bits per heavy atom. The van der Waals surface area contributed by atoms with Crippen LogP contribution in [0.3, 0.4) is 0 Å². The van der Waals surface area contributed by atoms with E-state index < -0.39 is 23.9 Å². The molecule has 0 aliphatic rings. The smallest absolute Gasteiger partial charge is 0.247 e. The molecule has 236 valence electrons. The molecule has 0 fully saturated rings. The van der Waals surface area contributed by atoms with Crippen LogP contribution in [-0.2, 0) is 38.7 Å². The Labute approximate surface area is 244 Å². The molecule has 0 aromatic heterocycles. The first-order valence-electron chi connectivity index (χ1n) is 16.2. The van der Waals surface area contributed by atoms with Crippen LogP contribution in [0, 0.1) is 0 Å². The van der Waals surface area contributed by atoms with Crippen molar-refractivity contribution >= 4 is 23.9 Å². The molecule has 40 heavy (non-hydrogen) atoms. The molecule has 0 N–H and O–H groups in total. The lowest BCUT2D eigenvalue weighted by molar-refractivity contribution is -0.259. The summed E-state index contributed by atoms with van der Waals surface area (Å²) >= 11 is 0. The Balaban J connectivity index is 0. The maximum absolute atomic E-state index is 11.6. The minimum Gasteiger partial charge on any atom is -0.247 e. The lowest BCUT2D eigenvalue weighted by atomic mass is 10.1. The molecule has 0 bridgehead atoms. The van der Waals surface area contributed by atoms with Crippen LogP contribution < -0.4 is 0 Å². The van der Waals surface area contributed by atoms with E-state index in [2.05, 4.69) is 33.4 Å². The molecule has 0 heterocycles. The molecule has 0 aromatic rings. The number of rotatable bonds is 24. The summed E-state index contributed by atoms with van der Waals surface area (Å²) in [6, 6.07) is 0. The molecule has 8 nitrogen and oxygen atoms in total. The van der Waals surface area contributed by atoms with Crippen molar-refractivity contribution in [1.29, 1.82) is 0 Å². The largest absolute Gasteiger partial charge is 0.355 e. The number of carbonyl (C=O) groups is 4. The van der Waals surface area contributed by atoms with E-state index in [1.165, 1.54) is 77.0 Å². The van der Waals surface area contributed by atoms with E-state index in [4.69, 9.17) is 0 Å². The summed E-state index contributed by atoms with van der Waals surface area (Å²) in [7, 11) is 0. The van der Waals surface area contributed by atoms with Gasteiger partial charge < -0.3 is 0 Å². The third-order valence-electron chi connectivity index (χ3n) is 6.33. The normalized spacial score (nSPS) is 10.3. The first-order chi connectivity index (χ1) is 19.4. The predicted octanol–water partition coefficient (Wildman–Crippen LogP) is 9.42. The Kier molecular flexibility index (Phi) is 33.1. The van der Waals surface area contributed by atoms with Gasteiger partial charge in [-0.3, -0.25) is 0 Å². The van der Waals surface area contributed by atoms with E-state index in [0.717, 1.165) is 38.5 Å². The molecule has 0 atom stereocenters. The van der Waals surface area contributed by atoms with E-state index in [9.17, 15) is 19.2 Å². The Morgan fingerprint density at radius 1 is 0.300 bits per heavy atom. The highest BCUT2D eigenvalue weighted by molar-refractivity contribution is 5.73. The number of hydrogen-bond acceptors (Lipinski definition) is 8. The van der Waals surface area contributed by atoms with Crippen LogP contribution >= 0.6 is 0 Å². The van der Waals surface area contributed by atoms with Crippen molar-refractivity contribution in [3.05, 3.63) is 0 Å². The lowest BCUT2D eigenvalue weighted by Gasteiger charge is -2.04. The van der Waals surface area contributed by atoms with Crippen LogP contribution in [0.25, 0.3) is 0 Å². The number of unbranched alkanes of at least 4 members (excludes halogenated alkanes) is 16. The van der Waals surface area contributed by atoms with Gasteiger partial charge in [-0.05, 0) is 25.7 Å². The SMILES string of the molecule is CCCC(=O)OOC(=O)CCC.CCCCCCCCCCCC(=O)OOC(=O)CCCCCCCCCCC. The van der Waals surface area contributed by atoms with E-state index in [1.54, 1.807) is 0 Å². The molecule has 0 radical (unpaired) electrons. The van der Waals surface area contributed by atoms with Crippen molar-refractivity contribution in [2.45, 2.75) is 182 Å². The molecule has 0 aliphatic carbocycles. The van der Waals surface area contributed by atoms with Gasteiger partial charge in [-0.2, -0.15) is 0 Å². The van der Waals surface area contributed by atoms with Crippen molar-refractivity contribution in [3.63, 3.8) is 0 Å². The van der Waals surface area contributed by atoms with Gasteiger partial charge in [0.1, 0.15) is 0 Å². The summed E-state index contributed by atoms with van der Waals surface area (Å²) in [5.41, 5.74) is 0. The van der Waals surface area contributed by atoms with Crippen molar-refractivity contribution in [3.8, 4) is 0 Å². The van der Waals surface area contributed by atoms with Crippen LogP contribution in [0.15, 0.2) is 0 Å². The van der Waals surface area contributed by atoms with Gasteiger partial charge in [0, 0.05) is 12.8 Å². The van der Waals surface area contributed by atoms with Gasteiger partial charge in [0.15, 0.2) is 0 Å². The Bertz CT molecular complexity index is 554. The summed E-state index contributed by atoms with van der Waals surface area (Å²) in [5.74, 6) is -1.85. The molecule has 0 unspecified atom stereocenters. The second kappa shape index (κ2) is 33.1. The fourth-order valence-corrected chi connectivity index (χ4v) is 3.92. The van der Waals surface area contributed by atoms with Crippen molar-refractivity contribution < 1.29 is 38.7 Å². The highest BCUT2D eigenvalue weighted by atomic mass is 17.2. The van der Waals surface area contributed by atoms with E-state index in [-0.39, 0.29) is 12.8 Å². The van der Waals surface area contributed by atoms with Crippen LogP contribution in [0.4, 0.5) is 0 Å². The fourth-order valence-electron chi connectivity index (χ4n) is 3.92. The molecular formula is C32H60O8. The minimum atomic E-state index is -0.498. The van der Waals surface area contributed by atoms with Crippen LogP contribution in [0.5, 0.6) is 0 Å². The minimum absolute atomic E-state index is 0.277. The van der Waals surface area contributed by atoms with Gasteiger partial charge in [0.2, 0.25) is 0 Å². The van der Waals surface area contributed by atoms with Gasteiger partial charge in [-0.25, -0.2) is 38.7 Å². The number of hydrogen-bond donors (Lipinski definition) is 0. The second-order valence-corrected chi connectivity index (χ2v) is 10.5. The predicted molar refractivity (Wildman–Crippen MR) is 158 cm³/mol. The highest BCUT2D eigenvalue weighted by Gasteiger charge is 2.10. The second-order valence-electron chi connectivity index (χ2n) is 10.5. The summed E-state index contributed by atoms with van der Waals surface area (Å²) in [6.45, 7) is 8.14. The molecule has 0 saturated carbocycles. The molecule has 0 saturated heterocycles. The Morgan fingerprint density at radius 3 is 0.775 bits per heavy atom. The zero-order valence-corrected chi connectivity index (χ0v) is 26.2. The van der Waals surface area contributed by atoms with Crippen molar-refractivity contribution in [1.82, 2.24) is 0 Å². The zero-order valence-electron chi connectivity index (χ0n) is 26.2. The van der Waals surface area contributed by atoms with E-state index in [0.29, 0.717) is 25.7 Å². The van der Waals surface area contributed by atoms with Crippen LogP contribution in [0.2, 0.25) is 0 Å². The van der Waals surface area contributed by atoms with Gasteiger partial charge in [0.05, 0.1) is 12.8 Å². The summed E-state index contributed by atoms with van der Waals surface area (Å²) in [5, 5.41) is 0. The number of carbonyl (C=O) groups excluding carboxylic acids is 4. The van der Waals surface area contributed by atoms with Gasteiger partial charge in [-0.1, -0.05) is 130 Å².